The molecule has 0 amide bonds. The fraction of sp³-hybridized carbons (Fsp3) is 0.133. The zero-order valence-electron chi connectivity index (χ0n) is 11.2. The third kappa shape index (κ3) is 2.00. The van der Waals surface area contributed by atoms with Crippen LogP contribution >= 0.6 is 0 Å². The Labute approximate surface area is 117 Å². The highest BCUT2D eigenvalue weighted by Crippen LogP contribution is 2.21. The van der Waals surface area contributed by atoms with Gasteiger partial charge < -0.3 is 0 Å². The summed E-state index contributed by atoms with van der Waals surface area (Å²) in [4.78, 5) is 0.267. The van der Waals surface area contributed by atoms with Crippen LogP contribution in [0, 0.1) is 13.8 Å². The van der Waals surface area contributed by atoms with Gasteiger partial charge in [-0.15, -0.1) is 0 Å². The van der Waals surface area contributed by atoms with Crippen LogP contribution in [0.1, 0.15) is 11.1 Å². The van der Waals surface area contributed by atoms with Crippen LogP contribution < -0.4 is 0 Å². The summed E-state index contributed by atoms with van der Waals surface area (Å²) >= 11 is 0. The van der Waals surface area contributed by atoms with E-state index in [4.69, 9.17) is 0 Å². The molecule has 0 N–H and O–H groups in total. The van der Waals surface area contributed by atoms with Crippen LogP contribution in [-0.2, 0) is 10.0 Å². The molecule has 1 heterocycles. The summed E-state index contributed by atoms with van der Waals surface area (Å²) in [6.07, 6.45) is 1.57. The Morgan fingerprint density at radius 3 is 2.35 bits per heavy atom. The van der Waals surface area contributed by atoms with Gasteiger partial charge in [-0.05, 0) is 43.2 Å². The molecule has 1 aromatic heterocycles. The molecule has 0 unspecified atom stereocenters. The highest BCUT2D eigenvalue weighted by molar-refractivity contribution is 7.90. The molecule has 5 heteroatoms. The lowest BCUT2D eigenvalue weighted by atomic mass is 10.2. The van der Waals surface area contributed by atoms with Crippen molar-refractivity contribution in [1.29, 1.82) is 0 Å². The fourth-order valence-corrected chi connectivity index (χ4v) is 3.79. The molecular weight excluding hydrogens is 272 g/mol. The minimum atomic E-state index is -3.66. The Balaban J connectivity index is 2.26. The molecule has 0 atom stereocenters. The molecule has 102 valence electrons. The normalized spacial score (nSPS) is 11.9. The molecule has 0 bridgehead atoms. The second-order valence-corrected chi connectivity index (χ2v) is 6.64. The number of benzene rings is 2. The van der Waals surface area contributed by atoms with Crippen LogP contribution in [0.4, 0.5) is 0 Å². The van der Waals surface area contributed by atoms with Crippen molar-refractivity contribution < 1.29 is 8.42 Å². The minimum absolute atomic E-state index is 0.267. The number of para-hydroxylation sites is 1. The van der Waals surface area contributed by atoms with Gasteiger partial charge in [-0.2, -0.15) is 17.6 Å². The average molecular weight is 286 g/mol. The van der Waals surface area contributed by atoms with E-state index in [2.05, 4.69) is 5.10 Å². The van der Waals surface area contributed by atoms with Crippen molar-refractivity contribution in [1.82, 2.24) is 9.19 Å². The largest absolute Gasteiger partial charge is 0.283 e. The Hall–Kier alpha value is -2.14. The number of aryl methyl sites for hydroxylation is 2. The van der Waals surface area contributed by atoms with Crippen LogP contribution in [-0.4, -0.2) is 17.6 Å². The standard InChI is InChI=1S/C15H14N2O2S/c1-11-7-12(2)9-14(8-11)20(18,19)17-15-6-4-3-5-13(15)10-16-17/h3-10H,1-2H3. The van der Waals surface area contributed by atoms with E-state index in [0.717, 1.165) is 20.6 Å². The molecule has 0 radical (unpaired) electrons. The molecule has 0 fully saturated rings. The van der Waals surface area contributed by atoms with Crippen molar-refractivity contribution in [2.45, 2.75) is 18.7 Å². The fourth-order valence-electron chi connectivity index (χ4n) is 2.32. The molecule has 0 aliphatic carbocycles. The number of rotatable bonds is 2. The first-order valence-electron chi connectivity index (χ1n) is 6.25. The minimum Gasteiger partial charge on any atom is -0.199 e. The van der Waals surface area contributed by atoms with E-state index in [-0.39, 0.29) is 4.90 Å². The van der Waals surface area contributed by atoms with Gasteiger partial charge in [0.15, 0.2) is 0 Å². The average Bonchev–Trinajstić information content (AvgIpc) is 2.82. The number of fused-ring (bicyclic) bond motifs is 1. The zero-order chi connectivity index (χ0) is 14.3. The second kappa shape index (κ2) is 4.45. The lowest BCUT2D eigenvalue weighted by molar-refractivity contribution is 0.582. The van der Waals surface area contributed by atoms with Gasteiger partial charge in [0.25, 0.3) is 10.0 Å². The van der Waals surface area contributed by atoms with Crippen LogP contribution in [0.3, 0.4) is 0 Å². The quantitative estimate of drug-likeness (QED) is 0.728. The van der Waals surface area contributed by atoms with Crippen molar-refractivity contribution in [3.05, 3.63) is 59.8 Å². The van der Waals surface area contributed by atoms with Crippen LogP contribution in [0.5, 0.6) is 0 Å². The summed E-state index contributed by atoms with van der Waals surface area (Å²) in [6.45, 7) is 3.76. The summed E-state index contributed by atoms with van der Waals surface area (Å²) in [6, 6.07) is 12.5. The highest BCUT2D eigenvalue weighted by atomic mass is 32.2. The molecule has 3 aromatic rings. The summed E-state index contributed by atoms with van der Waals surface area (Å²) < 4.78 is 26.5. The summed E-state index contributed by atoms with van der Waals surface area (Å²) in [5.74, 6) is 0. The Morgan fingerprint density at radius 2 is 1.65 bits per heavy atom. The smallest absolute Gasteiger partial charge is 0.199 e. The van der Waals surface area contributed by atoms with Gasteiger partial charge in [0.2, 0.25) is 0 Å². The number of nitrogens with zero attached hydrogens (tertiary/aromatic N) is 2. The van der Waals surface area contributed by atoms with Gasteiger partial charge in [0, 0.05) is 5.39 Å². The van der Waals surface area contributed by atoms with Crippen LogP contribution in [0.2, 0.25) is 0 Å². The first kappa shape index (κ1) is 12.9. The molecule has 4 nitrogen and oxygen atoms in total. The lowest BCUT2D eigenvalue weighted by Gasteiger charge is -2.08. The van der Waals surface area contributed by atoms with Crippen LogP contribution in [0.15, 0.2) is 53.6 Å². The molecule has 3 rings (SSSR count). The van der Waals surface area contributed by atoms with Gasteiger partial charge in [-0.3, -0.25) is 0 Å². The SMILES string of the molecule is Cc1cc(C)cc(S(=O)(=O)n2ncc3ccccc32)c1. The van der Waals surface area contributed by atoms with Crippen LogP contribution in [0.25, 0.3) is 10.9 Å². The molecule has 0 saturated carbocycles. The molecule has 2 aromatic carbocycles. The molecule has 0 saturated heterocycles. The predicted molar refractivity (Wildman–Crippen MR) is 78.2 cm³/mol. The summed E-state index contributed by atoms with van der Waals surface area (Å²) in [7, 11) is -3.66. The van der Waals surface area contributed by atoms with Crippen molar-refractivity contribution >= 4 is 20.9 Å². The van der Waals surface area contributed by atoms with Gasteiger partial charge in [-0.1, -0.05) is 24.3 Å². The molecule has 0 aliphatic rings. The lowest BCUT2D eigenvalue weighted by Crippen LogP contribution is -2.14. The first-order chi connectivity index (χ1) is 9.48. The van der Waals surface area contributed by atoms with Gasteiger partial charge in [-0.25, -0.2) is 0 Å². The number of hydrogen-bond acceptors (Lipinski definition) is 3. The zero-order valence-corrected chi connectivity index (χ0v) is 12.1. The molecular formula is C15H14N2O2S. The van der Waals surface area contributed by atoms with Crippen molar-refractivity contribution in [3.63, 3.8) is 0 Å². The predicted octanol–water partition coefficient (Wildman–Crippen LogP) is 2.89. The topological polar surface area (TPSA) is 52.0 Å². The monoisotopic (exact) mass is 286 g/mol. The Kier molecular flexibility index (Phi) is 2.87. The Morgan fingerprint density at radius 1 is 1.00 bits per heavy atom. The first-order valence-corrected chi connectivity index (χ1v) is 7.69. The molecule has 0 aliphatic heterocycles. The number of hydrogen-bond donors (Lipinski definition) is 0. The van der Waals surface area contributed by atoms with E-state index in [9.17, 15) is 8.42 Å². The third-order valence-corrected chi connectivity index (χ3v) is 4.74. The summed E-state index contributed by atoms with van der Waals surface area (Å²) in [5, 5.41) is 4.84. The second-order valence-electron chi connectivity index (χ2n) is 4.87. The molecule has 20 heavy (non-hydrogen) atoms. The van der Waals surface area contributed by atoms with E-state index in [1.54, 1.807) is 30.5 Å². The van der Waals surface area contributed by atoms with Gasteiger partial charge in [0.1, 0.15) is 0 Å². The van der Waals surface area contributed by atoms with Gasteiger partial charge >= 0.3 is 0 Å². The van der Waals surface area contributed by atoms with Gasteiger partial charge in [0.05, 0.1) is 16.6 Å². The van der Waals surface area contributed by atoms with E-state index in [1.807, 2.05) is 32.0 Å². The van der Waals surface area contributed by atoms with Crippen molar-refractivity contribution in [2.75, 3.05) is 0 Å². The highest BCUT2D eigenvalue weighted by Gasteiger charge is 2.20. The van der Waals surface area contributed by atoms with E-state index in [0.29, 0.717) is 5.52 Å². The van der Waals surface area contributed by atoms with E-state index < -0.39 is 10.0 Å². The maximum Gasteiger partial charge on any atom is 0.283 e. The third-order valence-electron chi connectivity index (χ3n) is 3.17. The number of aromatic nitrogens is 2. The van der Waals surface area contributed by atoms with Crippen molar-refractivity contribution in [3.8, 4) is 0 Å². The maximum absolute atomic E-state index is 12.7. The Bertz CT molecular complexity index is 875. The summed E-state index contributed by atoms with van der Waals surface area (Å²) in [5.41, 5.74) is 2.42. The maximum atomic E-state index is 12.7. The van der Waals surface area contributed by atoms with E-state index in [1.165, 1.54) is 0 Å². The van der Waals surface area contributed by atoms with E-state index >= 15 is 0 Å². The van der Waals surface area contributed by atoms with Crippen molar-refractivity contribution in [2.24, 2.45) is 0 Å². The molecule has 0 spiro atoms.